The van der Waals surface area contributed by atoms with E-state index in [0.29, 0.717) is 17.4 Å². The molecule has 1 aliphatic heterocycles. The molecule has 0 radical (unpaired) electrons. The van der Waals surface area contributed by atoms with Crippen molar-refractivity contribution in [2.24, 2.45) is 5.92 Å². The predicted octanol–water partition coefficient (Wildman–Crippen LogP) is 2.37. The second kappa shape index (κ2) is 7.40. The van der Waals surface area contributed by atoms with Gasteiger partial charge in [-0.25, -0.2) is 0 Å². The molecule has 0 amide bonds. The number of nitrogens with zero attached hydrogens (tertiary/aromatic N) is 3. The zero-order valence-corrected chi connectivity index (χ0v) is 16.1. The van der Waals surface area contributed by atoms with Crippen LogP contribution in [0.4, 0.5) is 0 Å². The molecule has 0 saturated heterocycles. The molecular formula is C20H27N3O4. The Labute approximate surface area is 159 Å². The van der Waals surface area contributed by atoms with Crippen LogP contribution in [0.2, 0.25) is 0 Å². The molecule has 1 saturated carbocycles. The third-order valence-electron chi connectivity index (χ3n) is 5.45. The van der Waals surface area contributed by atoms with Gasteiger partial charge in [-0.2, -0.15) is 5.10 Å². The molecule has 2 heterocycles. The van der Waals surface area contributed by atoms with Crippen molar-refractivity contribution in [1.82, 2.24) is 14.7 Å². The SMILES string of the molecule is COc1cc(OC)c(OC)cc1CN1CCn2nc([C@@H](O)C3CC3)cc2C1. The van der Waals surface area contributed by atoms with Gasteiger partial charge in [0.25, 0.3) is 0 Å². The van der Waals surface area contributed by atoms with Gasteiger partial charge in [0.15, 0.2) is 11.5 Å². The largest absolute Gasteiger partial charge is 0.496 e. The van der Waals surface area contributed by atoms with Crippen LogP contribution < -0.4 is 14.2 Å². The minimum atomic E-state index is -0.414. The number of aliphatic hydroxyl groups is 1. The Kier molecular flexibility index (Phi) is 4.97. The molecule has 7 nitrogen and oxygen atoms in total. The summed E-state index contributed by atoms with van der Waals surface area (Å²) in [6.45, 7) is 3.25. The highest BCUT2D eigenvalue weighted by molar-refractivity contribution is 5.50. The standard InChI is InChI=1S/C20H27N3O4/c1-25-17-10-19(27-3)18(26-2)8-14(17)11-22-6-7-23-15(12-22)9-16(21-23)20(24)13-4-5-13/h8-10,13,20,24H,4-7,11-12H2,1-3H3/t20-/m0/s1. The molecule has 1 N–H and O–H groups in total. The number of methoxy groups -OCH3 is 3. The molecule has 1 aromatic heterocycles. The fourth-order valence-electron chi connectivity index (χ4n) is 3.73. The summed E-state index contributed by atoms with van der Waals surface area (Å²) in [6, 6.07) is 5.90. The summed E-state index contributed by atoms with van der Waals surface area (Å²) in [5.74, 6) is 2.55. The molecular weight excluding hydrogens is 346 g/mol. The van der Waals surface area contributed by atoms with E-state index in [1.807, 2.05) is 16.8 Å². The van der Waals surface area contributed by atoms with Gasteiger partial charge < -0.3 is 19.3 Å². The molecule has 1 atom stereocenters. The lowest BCUT2D eigenvalue weighted by Crippen LogP contribution is -2.33. The van der Waals surface area contributed by atoms with Gasteiger partial charge in [0.2, 0.25) is 0 Å². The third-order valence-corrected chi connectivity index (χ3v) is 5.45. The number of ether oxygens (including phenoxy) is 3. The minimum Gasteiger partial charge on any atom is -0.496 e. The summed E-state index contributed by atoms with van der Waals surface area (Å²) < 4.78 is 18.4. The topological polar surface area (TPSA) is 69.0 Å². The predicted molar refractivity (Wildman–Crippen MR) is 100 cm³/mol. The summed E-state index contributed by atoms with van der Waals surface area (Å²) in [5.41, 5.74) is 3.02. The summed E-state index contributed by atoms with van der Waals surface area (Å²) in [6.07, 6.45) is 1.80. The molecule has 0 spiro atoms. The lowest BCUT2D eigenvalue weighted by molar-refractivity contribution is 0.147. The first kappa shape index (κ1) is 18.1. The van der Waals surface area contributed by atoms with Gasteiger partial charge in [-0.05, 0) is 30.9 Å². The molecule has 0 unspecified atom stereocenters. The van der Waals surface area contributed by atoms with Crippen molar-refractivity contribution in [3.63, 3.8) is 0 Å². The lowest BCUT2D eigenvalue weighted by Gasteiger charge is -2.28. The molecule has 146 valence electrons. The molecule has 2 aromatic rings. The number of hydrogen-bond donors (Lipinski definition) is 1. The van der Waals surface area contributed by atoms with Crippen LogP contribution in [0.3, 0.4) is 0 Å². The number of rotatable bonds is 7. The molecule has 7 heteroatoms. The molecule has 1 fully saturated rings. The fraction of sp³-hybridized carbons (Fsp3) is 0.550. The first-order valence-corrected chi connectivity index (χ1v) is 9.39. The van der Waals surface area contributed by atoms with Crippen LogP contribution in [-0.2, 0) is 19.6 Å². The van der Waals surface area contributed by atoms with E-state index in [4.69, 9.17) is 14.2 Å². The Morgan fingerprint density at radius 3 is 2.41 bits per heavy atom. The van der Waals surface area contributed by atoms with Crippen LogP contribution in [0.1, 0.15) is 35.9 Å². The van der Waals surface area contributed by atoms with Crippen LogP contribution in [0, 0.1) is 5.92 Å². The number of hydrogen-bond acceptors (Lipinski definition) is 6. The summed E-state index contributed by atoms with van der Waals surface area (Å²) >= 11 is 0. The number of aliphatic hydroxyl groups excluding tert-OH is 1. The van der Waals surface area contributed by atoms with Gasteiger partial charge in [-0.1, -0.05) is 0 Å². The maximum Gasteiger partial charge on any atom is 0.164 e. The van der Waals surface area contributed by atoms with Crippen molar-refractivity contribution in [3.05, 3.63) is 35.2 Å². The number of fused-ring (bicyclic) bond motifs is 1. The molecule has 1 aliphatic carbocycles. The zero-order valence-electron chi connectivity index (χ0n) is 16.1. The first-order valence-electron chi connectivity index (χ1n) is 9.39. The minimum absolute atomic E-state index is 0.397. The van der Waals surface area contributed by atoms with E-state index in [2.05, 4.69) is 16.1 Å². The quantitative estimate of drug-likeness (QED) is 0.804. The Balaban J connectivity index is 1.51. The van der Waals surface area contributed by atoms with Crippen LogP contribution in [-0.4, -0.2) is 47.7 Å². The normalized spacial score (nSPS) is 18.1. The highest BCUT2D eigenvalue weighted by Gasteiger charge is 2.33. The maximum atomic E-state index is 10.4. The Morgan fingerprint density at radius 1 is 1.04 bits per heavy atom. The van der Waals surface area contributed by atoms with E-state index < -0.39 is 6.10 Å². The van der Waals surface area contributed by atoms with Gasteiger partial charge in [0, 0.05) is 31.3 Å². The van der Waals surface area contributed by atoms with Crippen LogP contribution in [0.15, 0.2) is 18.2 Å². The van der Waals surface area contributed by atoms with Crippen LogP contribution in [0.25, 0.3) is 0 Å². The third kappa shape index (κ3) is 3.61. The van der Waals surface area contributed by atoms with Crippen molar-refractivity contribution >= 4 is 0 Å². The van der Waals surface area contributed by atoms with E-state index in [1.165, 1.54) is 0 Å². The van der Waals surface area contributed by atoms with Crippen molar-refractivity contribution < 1.29 is 19.3 Å². The molecule has 0 bridgehead atoms. The molecule has 4 rings (SSSR count). The van der Waals surface area contributed by atoms with Gasteiger partial charge in [-0.3, -0.25) is 9.58 Å². The van der Waals surface area contributed by atoms with Crippen molar-refractivity contribution in [2.45, 2.75) is 38.6 Å². The lowest BCUT2D eigenvalue weighted by atomic mass is 10.1. The molecule has 1 aromatic carbocycles. The van der Waals surface area contributed by atoms with Crippen molar-refractivity contribution in [3.8, 4) is 17.2 Å². The van der Waals surface area contributed by atoms with Gasteiger partial charge in [-0.15, -0.1) is 0 Å². The van der Waals surface area contributed by atoms with Crippen molar-refractivity contribution in [2.75, 3.05) is 27.9 Å². The van der Waals surface area contributed by atoms with E-state index in [0.717, 1.165) is 61.7 Å². The fourth-order valence-corrected chi connectivity index (χ4v) is 3.73. The van der Waals surface area contributed by atoms with Crippen LogP contribution >= 0.6 is 0 Å². The highest BCUT2D eigenvalue weighted by Crippen LogP contribution is 2.41. The zero-order chi connectivity index (χ0) is 19.0. The number of aromatic nitrogens is 2. The van der Waals surface area contributed by atoms with Gasteiger partial charge >= 0.3 is 0 Å². The molecule has 2 aliphatic rings. The summed E-state index contributed by atoms with van der Waals surface area (Å²) in [5, 5.41) is 15.0. The van der Waals surface area contributed by atoms with E-state index >= 15 is 0 Å². The van der Waals surface area contributed by atoms with E-state index in [1.54, 1.807) is 21.3 Å². The van der Waals surface area contributed by atoms with Gasteiger partial charge in [0.05, 0.1) is 39.3 Å². The monoisotopic (exact) mass is 373 g/mol. The second-order valence-electron chi connectivity index (χ2n) is 7.30. The first-order chi connectivity index (χ1) is 13.1. The summed E-state index contributed by atoms with van der Waals surface area (Å²) in [4.78, 5) is 2.36. The van der Waals surface area contributed by atoms with E-state index in [9.17, 15) is 5.11 Å². The Morgan fingerprint density at radius 2 is 1.74 bits per heavy atom. The number of benzene rings is 1. The summed E-state index contributed by atoms with van der Waals surface area (Å²) in [7, 11) is 4.93. The Bertz CT molecular complexity index is 816. The van der Waals surface area contributed by atoms with Crippen LogP contribution in [0.5, 0.6) is 17.2 Å². The maximum absolute atomic E-state index is 10.4. The average molecular weight is 373 g/mol. The van der Waals surface area contributed by atoms with E-state index in [-0.39, 0.29) is 0 Å². The Hall–Kier alpha value is -2.25. The van der Waals surface area contributed by atoms with Gasteiger partial charge in [0.1, 0.15) is 11.9 Å². The highest BCUT2D eigenvalue weighted by atomic mass is 16.5. The van der Waals surface area contributed by atoms with Crippen molar-refractivity contribution in [1.29, 1.82) is 0 Å². The second-order valence-corrected chi connectivity index (χ2v) is 7.30. The average Bonchev–Trinajstić information content (AvgIpc) is 3.45. The smallest absolute Gasteiger partial charge is 0.164 e. The molecule has 27 heavy (non-hydrogen) atoms.